The summed E-state index contributed by atoms with van der Waals surface area (Å²) in [6, 6.07) is 17.9. The molecule has 2 aromatic carbocycles. The number of rotatable bonds is 8. The van der Waals surface area contributed by atoms with Crippen molar-refractivity contribution in [1.29, 1.82) is 0 Å². The maximum Gasteiger partial charge on any atom is 0.234 e. The molecule has 0 fully saturated rings. The monoisotopic (exact) mass is 464 g/mol. The maximum atomic E-state index is 12.7. The van der Waals surface area contributed by atoms with Gasteiger partial charge >= 0.3 is 0 Å². The van der Waals surface area contributed by atoms with Crippen LogP contribution < -0.4 is 10.1 Å². The van der Waals surface area contributed by atoms with Crippen LogP contribution in [0.5, 0.6) is 5.75 Å². The second-order valence-corrected chi connectivity index (χ2v) is 9.27. The number of methoxy groups -OCH3 is 1. The van der Waals surface area contributed by atoms with Crippen molar-refractivity contribution in [1.82, 2.24) is 14.8 Å². The van der Waals surface area contributed by atoms with E-state index in [1.165, 1.54) is 16.6 Å². The number of carbonyl (C=O) groups is 1. The number of carbonyl (C=O) groups excluding carboxylic acids is 1. The molecule has 2 aromatic heterocycles. The van der Waals surface area contributed by atoms with E-state index in [9.17, 15) is 4.79 Å². The Morgan fingerprint density at radius 3 is 2.47 bits per heavy atom. The summed E-state index contributed by atoms with van der Waals surface area (Å²) >= 11 is 3.06. The number of para-hydroxylation sites is 1. The standard InChI is InChI=1S/C24H24N4O2S2/c1-16-6-4-7-17(2)23(16)25-22(29)15-32-24-27-26-21(14-20-8-5-13-31-20)28(24)18-9-11-19(30-3)12-10-18/h4-13H,14-15H2,1-3H3,(H,25,29). The van der Waals surface area contributed by atoms with Crippen LogP contribution in [0, 0.1) is 13.8 Å². The fourth-order valence-electron chi connectivity index (χ4n) is 3.39. The Hall–Kier alpha value is -3.10. The lowest BCUT2D eigenvalue weighted by Crippen LogP contribution is -2.16. The van der Waals surface area contributed by atoms with Gasteiger partial charge in [0.05, 0.1) is 12.9 Å². The van der Waals surface area contributed by atoms with E-state index in [0.717, 1.165) is 34.1 Å². The number of aromatic nitrogens is 3. The van der Waals surface area contributed by atoms with E-state index in [-0.39, 0.29) is 11.7 Å². The summed E-state index contributed by atoms with van der Waals surface area (Å²) < 4.78 is 7.30. The molecule has 4 rings (SSSR count). The Labute approximate surface area is 195 Å². The zero-order valence-corrected chi connectivity index (χ0v) is 19.8. The molecule has 0 spiro atoms. The summed E-state index contributed by atoms with van der Waals surface area (Å²) in [5.74, 6) is 1.77. The van der Waals surface area contributed by atoms with Crippen LogP contribution in [0.3, 0.4) is 0 Å². The molecule has 0 bridgehead atoms. The van der Waals surface area contributed by atoms with E-state index < -0.39 is 0 Å². The second-order valence-electron chi connectivity index (χ2n) is 7.29. The summed E-state index contributed by atoms with van der Waals surface area (Å²) in [6.45, 7) is 3.99. The molecule has 1 amide bonds. The first-order valence-corrected chi connectivity index (χ1v) is 12.0. The minimum Gasteiger partial charge on any atom is -0.497 e. The average Bonchev–Trinajstić information content (AvgIpc) is 3.45. The number of hydrogen-bond donors (Lipinski definition) is 1. The highest BCUT2D eigenvalue weighted by atomic mass is 32.2. The Morgan fingerprint density at radius 2 is 1.81 bits per heavy atom. The van der Waals surface area contributed by atoms with Gasteiger partial charge in [0.2, 0.25) is 5.91 Å². The minimum absolute atomic E-state index is 0.0727. The predicted molar refractivity (Wildman–Crippen MR) is 130 cm³/mol. The van der Waals surface area contributed by atoms with Gasteiger partial charge in [-0.2, -0.15) is 0 Å². The quantitative estimate of drug-likeness (QED) is 0.360. The lowest BCUT2D eigenvalue weighted by Gasteiger charge is -2.12. The molecule has 0 saturated heterocycles. The molecule has 4 aromatic rings. The van der Waals surface area contributed by atoms with Crippen molar-refractivity contribution in [3.05, 3.63) is 81.8 Å². The van der Waals surface area contributed by atoms with Crippen molar-refractivity contribution in [2.24, 2.45) is 0 Å². The van der Waals surface area contributed by atoms with Gasteiger partial charge in [0.15, 0.2) is 5.16 Å². The molecule has 164 valence electrons. The Morgan fingerprint density at radius 1 is 1.06 bits per heavy atom. The molecule has 2 heterocycles. The van der Waals surface area contributed by atoms with E-state index in [4.69, 9.17) is 4.74 Å². The number of aryl methyl sites for hydroxylation is 2. The second kappa shape index (κ2) is 10.0. The third kappa shape index (κ3) is 5.03. The Kier molecular flexibility index (Phi) is 6.92. The third-order valence-corrected chi connectivity index (χ3v) is 6.83. The normalized spacial score (nSPS) is 10.8. The van der Waals surface area contributed by atoms with Gasteiger partial charge in [-0.05, 0) is 60.7 Å². The first kappa shape index (κ1) is 22.1. The van der Waals surface area contributed by atoms with Crippen LogP contribution in [0.25, 0.3) is 5.69 Å². The number of thioether (sulfide) groups is 1. The zero-order chi connectivity index (χ0) is 22.5. The third-order valence-electron chi connectivity index (χ3n) is 5.02. The first-order valence-electron chi connectivity index (χ1n) is 10.1. The summed E-state index contributed by atoms with van der Waals surface area (Å²) in [6.07, 6.45) is 0.672. The number of nitrogens with zero attached hydrogens (tertiary/aromatic N) is 3. The van der Waals surface area contributed by atoms with Crippen LogP contribution >= 0.6 is 23.1 Å². The lowest BCUT2D eigenvalue weighted by atomic mass is 10.1. The Balaban J connectivity index is 1.56. The molecule has 0 radical (unpaired) electrons. The molecule has 0 aliphatic carbocycles. The SMILES string of the molecule is COc1ccc(-n2c(Cc3cccs3)nnc2SCC(=O)Nc2c(C)cccc2C)cc1. The molecular formula is C24H24N4O2S2. The summed E-state index contributed by atoms with van der Waals surface area (Å²) in [5, 5.41) is 14.6. The van der Waals surface area contributed by atoms with E-state index in [1.54, 1.807) is 18.4 Å². The van der Waals surface area contributed by atoms with Crippen LogP contribution in [0.1, 0.15) is 21.8 Å². The number of hydrogen-bond acceptors (Lipinski definition) is 6. The minimum atomic E-state index is -0.0727. The van der Waals surface area contributed by atoms with Gasteiger partial charge in [-0.3, -0.25) is 9.36 Å². The van der Waals surface area contributed by atoms with Gasteiger partial charge in [0.1, 0.15) is 11.6 Å². The van der Waals surface area contributed by atoms with E-state index >= 15 is 0 Å². The van der Waals surface area contributed by atoms with Gasteiger partial charge in [-0.15, -0.1) is 21.5 Å². The smallest absolute Gasteiger partial charge is 0.234 e. The topological polar surface area (TPSA) is 69.0 Å². The number of amides is 1. The van der Waals surface area contributed by atoms with Crippen LogP contribution in [-0.2, 0) is 11.2 Å². The number of benzene rings is 2. The van der Waals surface area contributed by atoms with Crippen LogP contribution in [0.15, 0.2) is 65.1 Å². The number of anilines is 1. The molecule has 0 unspecified atom stereocenters. The van der Waals surface area contributed by atoms with Crippen LogP contribution in [0.4, 0.5) is 5.69 Å². The van der Waals surface area contributed by atoms with Crippen LogP contribution in [0.2, 0.25) is 0 Å². The Bertz CT molecular complexity index is 1180. The number of ether oxygens (including phenoxy) is 1. The summed E-state index contributed by atoms with van der Waals surface area (Å²) in [4.78, 5) is 13.9. The van der Waals surface area contributed by atoms with Crippen molar-refractivity contribution >= 4 is 34.7 Å². The molecule has 32 heavy (non-hydrogen) atoms. The molecule has 6 nitrogen and oxygen atoms in total. The molecule has 0 aliphatic rings. The summed E-state index contributed by atoms with van der Waals surface area (Å²) in [5.41, 5.74) is 3.89. The molecule has 0 aliphatic heterocycles. The molecule has 0 atom stereocenters. The van der Waals surface area contributed by atoms with Crippen LogP contribution in [-0.4, -0.2) is 33.5 Å². The molecule has 0 saturated carbocycles. The maximum absolute atomic E-state index is 12.7. The van der Waals surface area contributed by atoms with E-state index in [0.29, 0.717) is 11.6 Å². The molecule has 8 heteroatoms. The lowest BCUT2D eigenvalue weighted by molar-refractivity contribution is -0.113. The fourth-order valence-corrected chi connectivity index (χ4v) is 4.86. The van der Waals surface area contributed by atoms with E-state index in [1.807, 2.05) is 66.9 Å². The number of thiophene rings is 1. The van der Waals surface area contributed by atoms with Gasteiger partial charge < -0.3 is 10.1 Å². The highest BCUT2D eigenvalue weighted by Gasteiger charge is 2.17. The average molecular weight is 465 g/mol. The van der Waals surface area contributed by atoms with E-state index in [2.05, 4.69) is 27.0 Å². The number of nitrogens with one attached hydrogen (secondary N) is 1. The van der Waals surface area contributed by atoms with Crippen molar-refractivity contribution in [2.45, 2.75) is 25.4 Å². The van der Waals surface area contributed by atoms with Gasteiger partial charge in [0, 0.05) is 22.7 Å². The van der Waals surface area contributed by atoms with Gasteiger partial charge in [-0.25, -0.2) is 0 Å². The first-order chi connectivity index (χ1) is 15.5. The fraction of sp³-hybridized carbons (Fsp3) is 0.208. The predicted octanol–water partition coefficient (Wildman–Crippen LogP) is 5.28. The largest absolute Gasteiger partial charge is 0.497 e. The summed E-state index contributed by atoms with van der Waals surface area (Å²) in [7, 11) is 1.64. The van der Waals surface area contributed by atoms with Gasteiger partial charge in [-0.1, -0.05) is 36.0 Å². The zero-order valence-electron chi connectivity index (χ0n) is 18.2. The highest BCUT2D eigenvalue weighted by molar-refractivity contribution is 7.99. The van der Waals surface area contributed by atoms with Crippen molar-refractivity contribution in [2.75, 3.05) is 18.2 Å². The molecular weight excluding hydrogens is 440 g/mol. The van der Waals surface area contributed by atoms with Crippen molar-refractivity contribution < 1.29 is 9.53 Å². The van der Waals surface area contributed by atoms with Crippen molar-refractivity contribution in [3.63, 3.8) is 0 Å². The van der Waals surface area contributed by atoms with Gasteiger partial charge in [0.25, 0.3) is 0 Å². The van der Waals surface area contributed by atoms with Crippen molar-refractivity contribution in [3.8, 4) is 11.4 Å². The highest BCUT2D eigenvalue weighted by Crippen LogP contribution is 2.26. The molecule has 1 N–H and O–H groups in total.